The van der Waals surface area contributed by atoms with Crippen LogP contribution in [0.1, 0.15) is 38.7 Å². The molecule has 1 aromatic rings. The van der Waals surface area contributed by atoms with Crippen molar-refractivity contribution in [3.63, 3.8) is 0 Å². The largest absolute Gasteiger partial charge is 0.481 e. The van der Waals surface area contributed by atoms with Gasteiger partial charge in [-0.15, -0.1) is 0 Å². The summed E-state index contributed by atoms with van der Waals surface area (Å²) in [6.07, 6.45) is -1.27. The molecule has 13 heteroatoms. The number of nitrogens with two attached hydrogens (primary N) is 2. The molecule has 0 spiro atoms. The average molecular weight is 508 g/mol. The maximum atomic E-state index is 13.1. The summed E-state index contributed by atoms with van der Waals surface area (Å²) in [6, 6.07) is 3.08. The fourth-order valence-electron chi connectivity index (χ4n) is 3.28. The van der Waals surface area contributed by atoms with E-state index in [0.29, 0.717) is 12.0 Å². The number of hydrogen-bond acceptors (Lipinski definition) is 7. The number of benzene rings is 1. The van der Waals surface area contributed by atoms with Crippen molar-refractivity contribution in [1.29, 1.82) is 0 Å². The Kier molecular flexibility index (Phi) is 12.0. The Bertz CT molecular complexity index is 953. The van der Waals surface area contributed by atoms with Gasteiger partial charge in [0.1, 0.15) is 18.1 Å². The van der Waals surface area contributed by atoms with E-state index >= 15 is 0 Å². The number of carbonyl (C=O) groups excluding carboxylic acids is 4. The fourth-order valence-corrected chi connectivity index (χ4v) is 3.28. The molecule has 4 atom stereocenters. The standard InChI is InChI=1S/C23H33N5O8/c1-12(2)8-14(24)20(32)26-15(9-13-6-4-3-5-7-13)21(33)27-16(11-19(30)31)22(34)28-17(23(35)36)10-18(25)29/h3-7,12,14-17H,8-11,24H2,1-2H3,(H2,25,29)(H,26,32)(H,27,33)(H,28,34)(H,30,31)(H,35,36). The molecule has 0 radical (unpaired) electrons. The monoisotopic (exact) mass is 507 g/mol. The minimum absolute atomic E-state index is 0.00759. The summed E-state index contributed by atoms with van der Waals surface area (Å²) in [5.41, 5.74) is 11.6. The highest BCUT2D eigenvalue weighted by atomic mass is 16.4. The van der Waals surface area contributed by atoms with Crippen molar-refractivity contribution >= 4 is 35.6 Å². The summed E-state index contributed by atoms with van der Waals surface area (Å²) in [5, 5.41) is 25.2. The highest BCUT2D eigenvalue weighted by Gasteiger charge is 2.32. The fraction of sp³-hybridized carbons (Fsp3) is 0.478. The Labute approximate surface area is 208 Å². The van der Waals surface area contributed by atoms with E-state index in [2.05, 4.69) is 10.6 Å². The zero-order valence-corrected chi connectivity index (χ0v) is 20.1. The van der Waals surface area contributed by atoms with Gasteiger partial charge in [0.2, 0.25) is 23.6 Å². The summed E-state index contributed by atoms with van der Waals surface area (Å²) in [6.45, 7) is 3.75. The minimum Gasteiger partial charge on any atom is -0.481 e. The van der Waals surface area contributed by atoms with Crippen molar-refractivity contribution in [2.75, 3.05) is 0 Å². The first kappa shape index (κ1) is 30.0. The van der Waals surface area contributed by atoms with Gasteiger partial charge in [0.15, 0.2) is 0 Å². The van der Waals surface area contributed by atoms with Crippen LogP contribution in [0.15, 0.2) is 30.3 Å². The number of primary amides is 1. The minimum atomic E-state index is -1.72. The van der Waals surface area contributed by atoms with Gasteiger partial charge in [-0.25, -0.2) is 4.79 Å². The lowest BCUT2D eigenvalue weighted by Crippen LogP contribution is -2.58. The van der Waals surface area contributed by atoms with E-state index in [0.717, 1.165) is 0 Å². The lowest BCUT2D eigenvalue weighted by molar-refractivity contribution is -0.144. The van der Waals surface area contributed by atoms with Gasteiger partial charge < -0.3 is 37.6 Å². The molecule has 0 bridgehead atoms. The lowest BCUT2D eigenvalue weighted by Gasteiger charge is -2.25. The molecule has 0 fully saturated rings. The van der Waals surface area contributed by atoms with E-state index in [1.165, 1.54) is 0 Å². The molecule has 1 aromatic carbocycles. The third-order valence-corrected chi connectivity index (χ3v) is 5.01. The second kappa shape index (κ2) is 14.4. The molecule has 9 N–H and O–H groups in total. The molecule has 0 aliphatic carbocycles. The van der Waals surface area contributed by atoms with Gasteiger partial charge in [-0.3, -0.25) is 24.0 Å². The molecular weight excluding hydrogens is 474 g/mol. The van der Waals surface area contributed by atoms with E-state index in [1.807, 2.05) is 19.2 Å². The second-order valence-corrected chi connectivity index (χ2v) is 8.72. The lowest BCUT2D eigenvalue weighted by atomic mass is 10.0. The molecule has 198 valence electrons. The third-order valence-electron chi connectivity index (χ3n) is 5.01. The molecule has 0 heterocycles. The average Bonchev–Trinajstić information content (AvgIpc) is 2.77. The zero-order valence-electron chi connectivity index (χ0n) is 20.1. The molecule has 13 nitrogen and oxygen atoms in total. The number of amides is 4. The Hall–Kier alpha value is -4.00. The molecule has 0 saturated carbocycles. The highest BCUT2D eigenvalue weighted by molar-refractivity contribution is 5.96. The van der Waals surface area contributed by atoms with Crippen LogP contribution in [0.5, 0.6) is 0 Å². The Morgan fingerprint density at radius 2 is 1.33 bits per heavy atom. The van der Waals surface area contributed by atoms with Crippen LogP contribution in [0.2, 0.25) is 0 Å². The topological polar surface area (TPSA) is 231 Å². The second-order valence-electron chi connectivity index (χ2n) is 8.72. The number of hydrogen-bond donors (Lipinski definition) is 7. The van der Waals surface area contributed by atoms with Gasteiger partial charge in [0, 0.05) is 6.42 Å². The number of nitrogens with one attached hydrogen (secondary N) is 3. The Balaban J connectivity index is 3.12. The van der Waals surface area contributed by atoms with Crippen LogP contribution in [0.3, 0.4) is 0 Å². The van der Waals surface area contributed by atoms with Crippen molar-refractivity contribution in [3.8, 4) is 0 Å². The van der Waals surface area contributed by atoms with Crippen molar-refractivity contribution < 1.29 is 39.0 Å². The summed E-state index contributed by atoms with van der Waals surface area (Å²) >= 11 is 0. The van der Waals surface area contributed by atoms with Crippen LogP contribution >= 0.6 is 0 Å². The van der Waals surface area contributed by atoms with E-state index in [-0.39, 0.29) is 12.3 Å². The van der Waals surface area contributed by atoms with Crippen molar-refractivity contribution in [1.82, 2.24) is 16.0 Å². The highest BCUT2D eigenvalue weighted by Crippen LogP contribution is 2.08. The van der Waals surface area contributed by atoms with Crippen LogP contribution in [-0.4, -0.2) is 69.9 Å². The normalized spacial score (nSPS) is 14.1. The van der Waals surface area contributed by atoms with E-state index < -0.39 is 72.6 Å². The molecule has 0 aromatic heterocycles. The van der Waals surface area contributed by atoms with E-state index in [4.69, 9.17) is 11.5 Å². The molecule has 1 rings (SSSR count). The first-order chi connectivity index (χ1) is 16.8. The molecular formula is C23H33N5O8. The molecule has 36 heavy (non-hydrogen) atoms. The molecule has 4 unspecified atom stereocenters. The van der Waals surface area contributed by atoms with Crippen LogP contribution in [0, 0.1) is 5.92 Å². The van der Waals surface area contributed by atoms with Crippen LogP contribution in [-0.2, 0) is 35.2 Å². The first-order valence-corrected chi connectivity index (χ1v) is 11.2. The predicted octanol–water partition coefficient (Wildman–Crippen LogP) is -1.51. The molecule has 0 saturated heterocycles. The van der Waals surface area contributed by atoms with E-state index in [9.17, 15) is 39.0 Å². The number of carbonyl (C=O) groups is 6. The number of rotatable bonds is 15. The third kappa shape index (κ3) is 11.0. The molecule has 0 aliphatic heterocycles. The van der Waals surface area contributed by atoms with Gasteiger partial charge in [0.05, 0.1) is 18.9 Å². The summed E-state index contributed by atoms with van der Waals surface area (Å²) in [7, 11) is 0. The van der Waals surface area contributed by atoms with Crippen LogP contribution in [0.4, 0.5) is 0 Å². The number of aliphatic carboxylic acids is 2. The van der Waals surface area contributed by atoms with Gasteiger partial charge in [-0.05, 0) is 17.9 Å². The van der Waals surface area contributed by atoms with Gasteiger partial charge >= 0.3 is 11.9 Å². The predicted molar refractivity (Wildman–Crippen MR) is 127 cm³/mol. The molecule has 4 amide bonds. The number of carboxylic acids is 2. The van der Waals surface area contributed by atoms with Crippen molar-refractivity contribution in [2.45, 2.75) is 63.7 Å². The SMILES string of the molecule is CC(C)CC(N)C(=O)NC(Cc1ccccc1)C(=O)NC(CC(=O)O)C(=O)NC(CC(N)=O)C(=O)O. The Morgan fingerprint density at radius 1 is 0.806 bits per heavy atom. The Morgan fingerprint density at radius 3 is 1.83 bits per heavy atom. The van der Waals surface area contributed by atoms with Crippen LogP contribution < -0.4 is 27.4 Å². The quantitative estimate of drug-likeness (QED) is 0.146. The smallest absolute Gasteiger partial charge is 0.326 e. The molecule has 0 aliphatic rings. The first-order valence-electron chi connectivity index (χ1n) is 11.2. The van der Waals surface area contributed by atoms with Crippen molar-refractivity contribution in [2.24, 2.45) is 17.4 Å². The van der Waals surface area contributed by atoms with Gasteiger partial charge in [0.25, 0.3) is 0 Å². The summed E-state index contributed by atoms with van der Waals surface area (Å²) in [4.78, 5) is 72.1. The maximum absolute atomic E-state index is 13.1. The number of carboxylic acid groups (broad SMARTS) is 2. The van der Waals surface area contributed by atoms with Gasteiger partial charge in [-0.1, -0.05) is 44.2 Å². The van der Waals surface area contributed by atoms with Crippen molar-refractivity contribution in [3.05, 3.63) is 35.9 Å². The maximum Gasteiger partial charge on any atom is 0.326 e. The summed E-state index contributed by atoms with van der Waals surface area (Å²) in [5.74, 6) is -6.57. The van der Waals surface area contributed by atoms with E-state index in [1.54, 1.807) is 30.3 Å². The zero-order chi connectivity index (χ0) is 27.4. The summed E-state index contributed by atoms with van der Waals surface area (Å²) < 4.78 is 0. The van der Waals surface area contributed by atoms with Gasteiger partial charge in [-0.2, -0.15) is 0 Å². The van der Waals surface area contributed by atoms with Crippen LogP contribution in [0.25, 0.3) is 0 Å².